The molecule has 4 aromatic rings. The van der Waals surface area contributed by atoms with Crippen LogP contribution < -0.4 is 16.4 Å². The summed E-state index contributed by atoms with van der Waals surface area (Å²) in [7, 11) is 0. The van der Waals surface area contributed by atoms with E-state index in [4.69, 9.17) is 5.73 Å². The molecule has 3 amide bonds. The fourth-order valence-corrected chi connectivity index (χ4v) is 4.74. The zero-order valence-electron chi connectivity index (χ0n) is 21.2. The summed E-state index contributed by atoms with van der Waals surface area (Å²) in [5, 5.41) is 12.3. The first-order chi connectivity index (χ1) is 19.2. The van der Waals surface area contributed by atoms with Crippen molar-refractivity contribution in [3.8, 4) is 11.3 Å². The van der Waals surface area contributed by atoms with Gasteiger partial charge in [-0.25, -0.2) is 9.78 Å². The molecule has 0 spiro atoms. The van der Waals surface area contributed by atoms with E-state index in [2.05, 4.69) is 37.9 Å². The number of hydrogen-bond acceptors (Lipinski definition) is 5. The van der Waals surface area contributed by atoms with E-state index in [1.54, 1.807) is 29.2 Å². The summed E-state index contributed by atoms with van der Waals surface area (Å²) in [6.45, 7) is 1.29. The maximum atomic E-state index is 13.0. The Morgan fingerprint density at radius 1 is 1.00 bits per heavy atom. The molecule has 206 valence electrons. The highest BCUT2D eigenvalue weighted by Gasteiger charge is 2.32. The van der Waals surface area contributed by atoms with Crippen LogP contribution >= 0.6 is 0 Å². The SMILES string of the molecule is NC(=O)c1c(-c2ccc(NC(=O)N3CCC[C@H](c4ccccc4)C3)cc2)n[nH]c1Nc1cccc(C(F)(F)F)n1. The predicted octanol–water partition coefficient (Wildman–Crippen LogP) is 5.74. The number of nitrogens with two attached hydrogens (primary N) is 1. The van der Waals surface area contributed by atoms with Crippen molar-refractivity contribution in [2.75, 3.05) is 23.7 Å². The Morgan fingerprint density at radius 2 is 1.75 bits per heavy atom. The second-order valence-electron chi connectivity index (χ2n) is 9.42. The maximum absolute atomic E-state index is 13.0. The van der Waals surface area contributed by atoms with Crippen LogP contribution in [0.25, 0.3) is 11.3 Å². The Balaban J connectivity index is 1.29. The number of nitrogens with one attached hydrogen (secondary N) is 3. The summed E-state index contributed by atoms with van der Waals surface area (Å²) in [5.41, 5.74) is 6.92. The van der Waals surface area contributed by atoms with Gasteiger partial charge in [0.15, 0.2) is 0 Å². The average Bonchev–Trinajstić information content (AvgIpc) is 3.37. The number of aromatic nitrogens is 3. The van der Waals surface area contributed by atoms with Crippen LogP contribution in [-0.2, 0) is 6.18 Å². The van der Waals surface area contributed by atoms with E-state index in [0.717, 1.165) is 18.9 Å². The van der Waals surface area contributed by atoms with Gasteiger partial charge in [-0.2, -0.15) is 18.3 Å². The molecule has 0 radical (unpaired) electrons. The third kappa shape index (κ3) is 5.90. The summed E-state index contributed by atoms with van der Waals surface area (Å²) in [5.74, 6) is -0.694. The van der Waals surface area contributed by atoms with Crippen molar-refractivity contribution in [1.82, 2.24) is 20.1 Å². The van der Waals surface area contributed by atoms with Gasteiger partial charge in [-0.1, -0.05) is 48.5 Å². The molecule has 2 aromatic carbocycles. The number of urea groups is 1. The summed E-state index contributed by atoms with van der Waals surface area (Å²) in [6, 6.07) is 20.0. The number of benzene rings is 2. The van der Waals surface area contributed by atoms with Gasteiger partial charge in [-0.3, -0.25) is 9.89 Å². The van der Waals surface area contributed by atoms with E-state index in [1.165, 1.54) is 17.7 Å². The number of likely N-dealkylation sites (tertiary alicyclic amines) is 1. The molecule has 0 bridgehead atoms. The molecule has 1 fully saturated rings. The summed E-state index contributed by atoms with van der Waals surface area (Å²) >= 11 is 0. The predicted molar refractivity (Wildman–Crippen MR) is 144 cm³/mol. The number of carbonyl (C=O) groups excluding carboxylic acids is 2. The van der Waals surface area contributed by atoms with Crippen LogP contribution in [0.4, 0.5) is 35.3 Å². The molecule has 1 aliphatic heterocycles. The molecule has 5 rings (SSSR count). The minimum Gasteiger partial charge on any atom is -0.365 e. The van der Waals surface area contributed by atoms with Crippen LogP contribution in [0.2, 0.25) is 0 Å². The minimum absolute atomic E-state index is 0.00442. The zero-order chi connectivity index (χ0) is 28.3. The lowest BCUT2D eigenvalue weighted by atomic mass is 9.91. The molecule has 0 aliphatic carbocycles. The van der Waals surface area contributed by atoms with E-state index in [-0.39, 0.29) is 34.8 Å². The molecule has 3 heterocycles. The molecule has 5 N–H and O–H groups in total. The zero-order valence-corrected chi connectivity index (χ0v) is 21.2. The van der Waals surface area contributed by atoms with E-state index in [9.17, 15) is 22.8 Å². The fourth-order valence-electron chi connectivity index (χ4n) is 4.74. The topological polar surface area (TPSA) is 129 Å². The van der Waals surface area contributed by atoms with Crippen LogP contribution in [0.15, 0.2) is 72.8 Å². The number of carbonyl (C=O) groups is 2. The standard InChI is InChI=1S/C28H26F3N7O2/c29-28(30,31)21-9-4-10-22(34-21)35-26-23(25(32)39)24(36-37-26)18-11-13-20(14-12-18)33-27(40)38-15-5-8-19(16-38)17-6-2-1-3-7-17/h1-4,6-7,9-14,19H,5,8,15-16H2,(H2,32,39)(H,33,40)(H2,34,35,36,37)/t19-/m0/s1. The van der Waals surface area contributed by atoms with Gasteiger partial charge in [0.1, 0.15) is 28.6 Å². The smallest absolute Gasteiger partial charge is 0.365 e. The maximum Gasteiger partial charge on any atom is 0.433 e. The number of amides is 3. The molecule has 12 heteroatoms. The molecule has 1 saturated heterocycles. The summed E-state index contributed by atoms with van der Waals surface area (Å²) in [6.07, 6.45) is -2.69. The fraction of sp³-hybridized carbons (Fsp3) is 0.214. The van der Waals surface area contributed by atoms with Crippen molar-refractivity contribution in [3.63, 3.8) is 0 Å². The van der Waals surface area contributed by atoms with Crippen molar-refractivity contribution in [2.24, 2.45) is 5.73 Å². The number of hydrogen-bond donors (Lipinski definition) is 4. The molecule has 40 heavy (non-hydrogen) atoms. The van der Waals surface area contributed by atoms with Crippen molar-refractivity contribution in [1.29, 1.82) is 0 Å². The summed E-state index contributed by atoms with van der Waals surface area (Å²) in [4.78, 5) is 30.6. The van der Waals surface area contributed by atoms with Gasteiger partial charge in [0.05, 0.1) is 0 Å². The lowest BCUT2D eigenvalue weighted by molar-refractivity contribution is -0.141. The van der Waals surface area contributed by atoms with Gasteiger partial charge in [0.25, 0.3) is 5.91 Å². The Morgan fingerprint density at radius 3 is 2.45 bits per heavy atom. The normalized spacial score (nSPS) is 15.5. The van der Waals surface area contributed by atoms with Gasteiger partial charge in [-0.05, 0) is 42.7 Å². The largest absolute Gasteiger partial charge is 0.433 e. The van der Waals surface area contributed by atoms with Crippen LogP contribution in [0, 0.1) is 0 Å². The number of halogens is 3. The van der Waals surface area contributed by atoms with Crippen molar-refractivity contribution < 1.29 is 22.8 Å². The number of aromatic amines is 1. The van der Waals surface area contributed by atoms with E-state index < -0.39 is 17.8 Å². The van der Waals surface area contributed by atoms with Gasteiger partial charge in [0.2, 0.25) is 0 Å². The van der Waals surface area contributed by atoms with Crippen LogP contribution in [-0.4, -0.2) is 45.1 Å². The molecule has 1 atom stereocenters. The molecule has 1 aliphatic rings. The van der Waals surface area contributed by atoms with E-state index in [1.807, 2.05) is 18.2 Å². The van der Waals surface area contributed by atoms with Crippen molar-refractivity contribution in [2.45, 2.75) is 24.9 Å². The number of primary amides is 1. The number of nitrogens with zero attached hydrogens (tertiary/aromatic N) is 3. The number of H-pyrrole nitrogens is 1. The Bertz CT molecular complexity index is 1500. The minimum atomic E-state index is -4.63. The number of piperidine rings is 1. The van der Waals surface area contributed by atoms with E-state index >= 15 is 0 Å². The van der Waals surface area contributed by atoms with Crippen LogP contribution in [0.3, 0.4) is 0 Å². The van der Waals surface area contributed by atoms with Gasteiger partial charge >= 0.3 is 12.2 Å². The monoisotopic (exact) mass is 549 g/mol. The molecule has 0 saturated carbocycles. The number of pyridine rings is 1. The van der Waals surface area contributed by atoms with Crippen molar-refractivity contribution in [3.05, 3.63) is 89.6 Å². The summed E-state index contributed by atoms with van der Waals surface area (Å²) < 4.78 is 39.1. The molecular weight excluding hydrogens is 523 g/mol. The molecular formula is C28H26F3N7O2. The van der Waals surface area contributed by atoms with E-state index in [0.29, 0.717) is 24.3 Å². The first kappa shape index (κ1) is 26.7. The number of anilines is 3. The Kier molecular flexibility index (Phi) is 7.41. The lowest BCUT2D eigenvalue weighted by Gasteiger charge is -2.33. The average molecular weight is 550 g/mol. The van der Waals surface area contributed by atoms with Gasteiger partial charge in [0, 0.05) is 30.3 Å². The molecule has 0 unspecified atom stereocenters. The first-order valence-electron chi connectivity index (χ1n) is 12.6. The molecule has 2 aromatic heterocycles. The van der Waals surface area contributed by atoms with Gasteiger partial charge < -0.3 is 21.3 Å². The van der Waals surface area contributed by atoms with Crippen molar-refractivity contribution >= 4 is 29.3 Å². The Hall–Kier alpha value is -4.87. The quantitative estimate of drug-likeness (QED) is 0.244. The third-order valence-electron chi connectivity index (χ3n) is 6.69. The number of rotatable bonds is 6. The van der Waals surface area contributed by atoms with Gasteiger partial charge in [-0.15, -0.1) is 0 Å². The highest BCUT2D eigenvalue weighted by atomic mass is 19.4. The first-order valence-corrected chi connectivity index (χ1v) is 12.6. The highest BCUT2D eigenvalue weighted by molar-refractivity contribution is 6.04. The highest BCUT2D eigenvalue weighted by Crippen LogP contribution is 2.32. The molecule has 9 nitrogen and oxygen atoms in total. The second kappa shape index (κ2) is 11.1. The lowest BCUT2D eigenvalue weighted by Crippen LogP contribution is -2.41. The second-order valence-corrected chi connectivity index (χ2v) is 9.42. The third-order valence-corrected chi connectivity index (χ3v) is 6.69. The Labute approximate surface area is 227 Å². The van der Waals surface area contributed by atoms with Crippen LogP contribution in [0.5, 0.6) is 0 Å². The van der Waals surface area contributed by atoms with Crippen LogP contribution in [0.1, 0.15) is 40.4 Å². The number of alkyl halides is 3.